The number of benzene rings is 1. The standard InChI is InChI=1S/C21H22ClN3O4S/c1-20(2)19(23)25-21(12-30(20,27)28)7-8-29-18-6-3-13(9-15(18)21)10-17(26)16-5-4-14(22)11-24-16/h3-6,9,11H,7-8,10,12H2,1-2H3,(H2,23,25)/t21-/m0/s1. The molecule has 2 aliphatic rings. The van der Waals surface area contributed by atoms with E-state index in [2.05, 4.69) is 9.98 Å². The summed E-state index contributed by atoms with van der Waals surface area (Å²) in [6.45, 7) is 3.48. The maximum absolute atomic E-state index is 13.0. The molecule has 0 bridgehead atoms. The number of rotatable bonds is 3. The Balaban J connectivity index is 1.73. The van der Waals surface area contributed by atoms with Crippen molar-refractivity contribution in [2.45, 2.75) is 37.0 Å². The van der Waals surface area contributed by atoms with Crippen molar-refractivity contribution in [3.8, 4) is 5.75 Å². The van der Waals surface area contributed by atoms with Gasteiger partial charge in [0.2, 0.25) is 0 Å². The highest BCUT2D eigenvalue weighted by Crippen LogP contribution is 2.45. The average molecular weight is 448 g/mol. The van der Waals surface area contributed by atoms with Gasteiger partial charge in [-0.3, -0.25) is 14.8 Å². The van der Waals surface area contributed by atoms with Crippen LogP contribution >= 0.6 is 11.6 Å². The Morgan fingerprint density at radius 1 is 1.27 bits per heavy atom. The highest BCUT2D eigenvalue weighted by atomic mass is 35.5. The van der Waals surface area contributed by atoms with E-state index in [1.807, 2.05) is 0 Å². The summed E-state index contributed by atoms with van der Waals surface area (Å²) in [5.74, 6) is 0.333. The quantitative estimate of drug-likeness (QED) is 0.724. The molecule has 30 heavy (non-hydrogen) atoms. The Hall–Kier alpha value is -2.45. The van der Waals surface area contributed by atoms with E-state index < -0.39 is 20.1 Å². The highest BCUT2D eigenvalue weighted by Gasteiger charge is 2.52. The molecule has 0 fully saturated rings. The smallest absolute Gasteiger partial charge is 0.185 e. The monoisotopic (exact) mass is 447 g/mol. The molecule has 1 aromatic heterocycles. The molecule has 0 saturated heterocycles. The molecule has 2 aromatic rings. The van der Waals surface area contributed by atoms with Crippen LogP contribution < -0.4 is 10.5 Å². The van der Waals surface area contributed by atoms with Crippen LogP contribution in [0.1, 0.15) is 41.9 Å². The average Bonchev–Trinajstić information content (AvgIpc) is 2.67. The third kappa shape index (κ3) is 3.37. The summed E-state index contributed by atoms with van der Waals surface area (Å²) in [6.07, 6.45) is 1.93. The van der Waals surface area contributed by atoms with E-state index in [4.69, 9.17) is 22.1 Å². The summed E-state index contributed by atoms with van der Waals surface area (Å²) < 4.78 is 30.5. The molecule has 0 amide bonds. The van der Waals surface area contributed by atoms with E-state index in [1.165, 1.54) is 6.20 Å². The molecule has 1 aromatic carbocycles. The lowest BCUT2D eigenvalue weighted by atomic mass is 9.84. The van der Waals surface area contributed by atoms with Crippen molar-refractivity contribution in [3.05, 3.63) is 58.4 Å². The number of hydrogen-bond donors (Lipinski definition) is 1. The van der Waals surface area contributed by atoms with Gasteiger partial charge in [0.1, 0.15) is 27.6 Å². The Morgan fingerprint density at radius 3 is 2.70 bits per heavy atom. The fourth-order valence-electron chi connectivity index (χ4n) is 3.78. The normalized spacial score (nSPS) is 23.9. The minimum Gasteiger partial charge on any atom is -0.493 e. The number of sulfone groups is 1. The molecule has 0 radical (unpaired) electrons. The Labute approximate surface area is 180 Å². The van der Waals surface area contributed by atoms with Crippen molar-refractivity contribution in [1.82, 2.24) is 4.98 Å². The third-order valence-corrected chi connectivity index (χ3v) is 8.70. The van der Waals surface area contributed by atoms with Crippen LogP contribution in [-0.4, -0.2) is 42.1 Å². The maximum Gasteiger partial charge on any atom is 0.185 e. The van der Waals surface area contributed by atoms with E-state index in [-0.39, 0.29) is 23.8 Å². The van der Waals surface area contributed by atoms with Gasteiger partial charge in [0.05, 0.1) is 17.4 Å². The number of aromatic nitrogens is 1. The molecule has 4 rings (SSSR count). The number of pyridine rings is 1. The number of carbonyl (C=O) groups excluding carboxylic acids is 1. The molecule has 1 atom stereocenters. The summed E-state index contributed by atoms with van der Waals surface area (Å²) in [6, 6.07) is 8.54. The molecular formula is C21H22ClN3O4S. The number of nitrogens with zero attached hydrogens (tertiary/aromatic N) is 2. The summed E-state index contributed by atoms with van der Waals surface area (Å²) in [7, 11) is -3.54. The van der Waals surface area contributed by atoms with Gasteiger partial charge in [-0.25, -0.2) is 8.42 Å². The number of ether oxygens (including phenoxy) is 1. The van der Waals surface area contributed by atoms with Gasteiger partial charge in [-0.05, 0) is 43.7 Å². The SMILES string of the molecule is CC1(C)C(N)=N[C@@]2(CCOc3ccc(CC(=O)c4ccc(Cl)cn4)cc32)CS1(=O)=O. The van der Waals surface area contributed by atoms with E-state index in [1.54, 1.807) is 44.2 Å². The second-order valence-electron chi connectivity index (χ2n) is 8.19. The van der Waals surface area contributed by atoms with Gasteiger partial charge in [0, 0.05) is 24.6 Å². The van der Waals surface area contributed by atoms with Crippen LogP contribution in [0.4, 0.5) is 0 Å². The zero-order valence-electron chi connectivity index (χ0n) is 16.7. The van der Waals surface area contributed by atoms with Crippen LogP contribution in [0.2, 0.25) is 5.02 Å². The molecular weight excluding hydrogens is 426 g/mol. The first-order valence-electron chi connectivity index (χ1n) is 9.53. The molecule has 0 saturated carbocycles. The van der Waals surface area contributed by atoms with Gasteiger partial charge >= 0.3 is 0 Å². The van der Waals surface area contributed by atoms with Crippen LogP contribution in [0.5, 0.6) is 5.75 Å². The van der Waals surface area contributed by atoms with Gasteiger partial charge in [-0.2, -0.15) is 0 Å². The number of carbonyl (C=O) groups is 1. The molecule has 9 heteroatoms. The number of fused-ring (bicyclic) bond motifs is 2. The molecule has 3 heterocycles. The van der Waals surface area contributed by atoms with Crippen LogP contribution in [0.15, 0.2) is 41.5 Å². The highest BCUT2D eigenvalue weighted by molar-refractivity contribution is 7.93. The molecule has 1 spiro atoms. The number of Topliss-reactive ketones (excluding diaryl/α,β-unsaturated/α-hetero) is 1. The van der Waals surface area contributed by atoms with Gasteiger partial charge in [-0.15, -0.1) is 0 Å². The predicted octanol–water partition coefficient (Wildman–Crippen LogP) is 2.70. The van der Waals surface area contributed by atoms with Crippen LogP contribution in [0.3, 0.4) is 0 Å². The topological polar surface area (TPSA) is 112 Å². The second kappa shape index (κ2) is 7.06. The zero-order valence-corrected chi connectivity index (χ0v) is 18.3. The summed E-state index contributed by atoms with van der Waals surface area (Å²) >= 11 is 5.83. The predicted molar refractivity (Wildman–Crippen MR) is 115 cm³/mol. The van der Waals surface area contributed by atoms with Crippen molar-refractivity contribution < 1.29 is 17.9 Å². The number of aliphatic imine (C=N–C) groups is 1. The lowest BCUT2D eigenvalue weighted by molar-refractivity contribution is 0.0988. The fraction of sp³-hybridized carbons (Fsp3) is 0.381. The molecule has 0 aliphatic carbocycles. The minimum atomic E-state index is -3.54. The van der Waals surface area contributed by atoms with Crippen molar-refractivity contribution in [1.29, 1.82) is 0 Å². The lowest BCUT2D eigenvalue weighted by Crippen LogP contribution is -2.56. The van der Waals surface area contributed by atoms with Crippen molar-refractivity contribution in [3.63, 3.8) is 0 Å². The van der Waals surface area contributed by atoms with Gasteiger partial charge < -0.3 is 10.5 Å². The van der Waals surface area contributed by atoms with E-state index in [0.29, 0.717) is 35.1 Å². The lowest BCUT2D eigenvalue weighted by Gasteiger charge is -2.42. The van der Waals surface area contributed by atoms with E-state index >= 15 is 0 Å². The van der Waals surface area contributed by atoms with Crippen molar-refractivity contribution in [2.75, 3.05) is 12.4 Å². The summed E-state index contributed by atoms with van der Waals surface area (Å²) in [4.78, 5) is 21.4. The van der Waals surface area contributed by atoms with Gasteiger partial charge in [0.15, 0.2) is 15.6 Å². The minimum absolute atomic E-state index is 0.0912. The first-order valence-corrected chi connectivity index (χ1v) is 11.6. The first-order chi connectivity index (χ1) is 14.0. The maximum atomic E-state index is 13.0. The van der Waals surface area contributed by atoms with Crippen molar-refractivity contribution >= 4 is 33.1 Å². The fourth-order valence-corrected chi connectivity index (χ4v) is 5.61. The molecule has 2 aliphatic heterocycles. The zero-order chi connectivity index (χ0) is 21.7. The van der Waals surface area contributed by atoms with Crippen molar-refractivity contribution in [2.24, 2.45) is 10.7 Å². The number of amidine groups is 1. The molecule has 7 nitrogen and oxygen atoms in total. The molecule has 0 unspecified atom stereocenters. The van der Waals surface area contributed by atoms with Crippen LogP contribution in [0.25, 0.3) is 0 Å². The Bertz CT molecular complexity index is 1160. The van der Waals surface area contributed by atoms with Gasteiger partial charge in [0.25, 0.3) is 0 Å². The van der Waals surface area contributed by atoms with Crippen LogP contribution in [-0.2, 0) is 21.8 Å². The third-order valence-electron chi connectivity index (χ3n) is 5.85. The molecule has 2 N–H and O–H groups in total. The number of nitrogens with two attached hydrogens (primary N) is 1. The summed E-state index contributed by atoms with van der Waals surface area (Å²) in [5, 5.41) is 0.455. The Morgan fingerprint density at radius 2 is 2.03 bits per heavy atom. The summed E-state index contributed by atoms with van der Waals surface area (Å²) in [5.41, 5.74) is 6.78. The second-order valence-corrected chi connectivity index (χ2v) is 11.2. The number of hydrogen-bond acceptors (Lipinski definition) is 7. The molecule has 158 valence electrons. The van der Waals surface area contributed by atoms with E-state index in [0.717, 1.165) is 5.56 Å². The first kappa shape index (κ1) is 20.8. The Kier molecular flexibility index (Phi) is 4.90. The van der Waals surface area contributed by atoms with Crippen LogP contribution in [0, 0.1) is 0 Å². The number of ketones is 1. The largest absolute Gasteiger partial charge is 0.493 e. The van der Waals surface area contributed by atoms with E-state index in [9.17, 15) is 13.2 Å². The number of halogens is 1. The van der Waals surface area contributed by atoms with Gasteiger partial charge in [-0.1, -0.05) is 17.7 Å².